The number of aliphatic hydroxyl groups excluding tert-OH is 1. The van der Waals surface area contributed by atoms with Crippen LogP contribution in [0.3, 0.4) is 0 Å². The Morgan fingerprint density at radius 2 is 1.60 bits per heavy atom. The maximum atomic E-state index is 13.5. The van der Waals surface area contributed by atoms with Crippen molar-refractivity contribution < 1.29 is 23.0 Å². The highest BCUT2D eigenvalue weighted by Crippen LogP contribution is 2.25. The summed E-state index contributed by atoms with van der Waals surface area (Å²) in [4.78, 5) is 0. The summed E-state index contributed by atoms with van der Waals surface area (Å²) < 4.78 is 44.8. The Hall–Kier alpha value is -2.01. The van der Waals surface area contributed by atoms with Crippen LogP contribution in [0.1, 0.15) is 17.2 Å². The first kappa shape index (κ1) is 14.4. The summed E-state index contributed by atoms with van der Waals surface area (Å²) in [5.74, 6) is -2.56. The van der Waals surface area contributed by atoms with Crippen LogP contribution in [0.4, 0.5) is 13.2 Å². The maximum absolute atomic E-state index is 13.5. The van der Waals surface area contributed by atoms with Gasteiger partial charge >= 0.3 is 0 Å². The number of ether oxygens (including phenoxy) is 1. The van der Waals surface area contributed by atoms with Crippen molar-refractivity contribution in [2.45, 2.75) is 12.5 Å². The molecule has 0 aromatic heterocycles. The molecule has 106 valence electrons. The predicted octanol–water partition coefficient (Wildman–Crippen LogP) is 3.39. The van der Waals surface area contributed by atoms with E-state index in [0.717, 1.165) is 0 Å². The molecule has 0 amide bonds. The highest BCUT2D eigenvalue weighted by Gasteiger charge is 2.19. The van der Waals surface area contributed by atoms with Gasteiger partial charge in [-0.15, -0.1) is 0 Å². The molecule has 0 fully saturated rings. The van der Waals surface area contributed by atoms with Crippen LogP contribution in [0.25, 0.3) is 0 Å². The lowest BCUT2D eigenvalue weighted by Gasteiger charge is -2.13. The Bertz CT molecular complexity index is 574. The number of benzene rings is 2. The molecule has 0 heterocycles. The Morgan fingerprint density at radius 1 is 1.05 bits per heavy atom. The second kappa shape index (κ2) is 5.96. The molecule has 2 aromatic rings. The van der Waals surface area contributed by atoms with Crippen molar-refractivity contribution in [3.05, 3.63) is 65.0 Å². The average Bonchev–Trinajstić information content (AvgIpc) is 2.38. The van der Waals surface area contributed by atoms with Crippen molar-refractivity contribution in [2.24, 2.45) is 0 Å². The Morgan fingerprint density at radius 3 is 2.10 bits per heavy atom. The van der Waals surface area contributed by atoms with Crippen molar-refractivity contribution in [1.29, 1.82) is 0 Å². The van der Waals surface area contributed by atoms with Crippen molar-refractivity contribution >= 4 is 0 Å². The second-order valence-electron chi connectivity index (χ2n) is 4.35. The van der Waals surface area contributed by atoms with Gasteiger partial charge in [-0.1, -0.05) is 12.1 Å². The van der Waals surface area contributed by atoms with Gasteiger partial charge in [0.2, 0.25) is 0 Å². The van der Waals surface area contributed by atoms with Crippen molar-refractivity contribution in [3.8, 4) is 5.75 Å². The van der Waals surface area contributed by atoms with E-state index in [4.69, 9.17) is 4.74 Å². The molecular formula is C15H13F3O2. The lowest BCUT2D eigenvalue weighted by Crippen LogP contribution is -2.08. The monoisotopic (exact) mass is 282 g/mol. The predicted molar refractivity (Wildman–Crippen MR) is 68.0 cm³/mol. The van der Waals surface area contributed by atoms with Gasteiger partial charge in [-0.25, -0.2) is 13.2 Å². The average molecular weight is 282 g/mol. The zero-order valence-electron chi connectivity index (χ0n) is 10.7. The van der Waals surface area contributed by atoms with E-state index in [2.05, 4.69) is 0 Å². The van der Waals surface area contributed by atoms with Gasteiger partial charge in [0.05, 0.1) is 18.8 Å². The third-order valence-electron chi connectivity index (χ3n) is 2.97. The summed E-state index contributed by atoms with van der Waals surface area (Å²) >= 11 is 0. The van der Waals surface area contributed by atoms with Crippen LogP contribution in [-0.4, -0.2) is 12.2 Å². The number of aliphatic hydroxyl groups is 1. The number of hydrogen-bond donors (Lipinski definition) is 1. The molecule has 0 saturated heterocycles. The lowest BCUT2D eigenvalue weighted by atomic mass is 10.0. The van der Waals surface area contributed by atoms with Crippen molar-refractivity contribution in [2.75, 3.05) is 7.11 Å². The van der Waals surface area contributed by atoms with Crippen LogP contribution in [-0.2, 0) is 6.42 Å². The van der Waals surface area contributed by atoms with E-state index in [0.29, 0.717) is 23.4 Å². The van der Waals surface area contributed by atoms with E-state index in [1.165, 1.54) is 7.11 Å². The van der Waals surface area contributed by atoms with E-state index in [1.54, 1.807) is 24.3 Å². The second-order valence-corrected chi connectivity index (χ2v) is 4.35. The molecule has 0 radical (unpaired) electrons. The van der Waals surface area contributed by atoms with Gasteiger partial charge in [0.25, 0.3) is 0 Å². The zero-order chi connectivity index (χ0) is 14.7. The fourth-order valence-electron chi connectivity index (χ4n) is 1.96. The Balaban J connectivity index is 2.21. The molecule has 1 atom stereocenters. The van der Waals surface area contributed by atoms with Crippen LogP contribution in [0, 0.1) is 17.5 Å². The molecule has 0 saturated carbocycles. The summed E-state index contributed by atoms with van der Waals surface area (Å²) in [7, 11) is 1.52. The van der Waals surface area contributed by atoms with Gasteiger partial charge in [-0.3, -0.25) is 0 Å². The molecule has 2 rings (SSSR count). The molecule has 0 bridgehead atoms. The molecule has 20 heavy (non-hydrogen) atoms. The number of methoxy groups -OCH3 is 1. The van der Waals surface area contributed by atoms with Crippen molar-refractivity contribution in [3.63, 3.8) is 0 Å². The Labute approximate surface area is 114 Å². The molecule has 2 nitrogen and oxygen atoms in total. The molecular weight excluding hydrogens is 269 g/mol. The lowest BCUT2D eigenvalue weighted by molar-refractivity contribution is 0.168. The smallest absolute Gasteiger partial charge is 0.134 e. The highest BCUT2D eigenvalue weighted by molar-refractivity contribution is 5.30. The summed E-state index contributed by atoms with van der Waals surface area (Å²) in [5, 5.41) is 9.92. The first-order valence-electron chi connectivity index (χ1n) is 5.96. The fourth-order valence-corrected chi connectivity index (χ4v) is 1.96. The highest BCUT2D eigenvalue weighted by atomic mass is 19.1. The van der Waals surface area contributed by atoms with E-state index >= 15 is 0 Å². The molecule has 0 aliphatic heterocycles. The maximum Gasteiger partial charge on any atom is 0.134 e. The number of rotatable bonds is 4. The third kappa shape index (κ3) is 3.11. The molecule has 0 aliphatic carbocycles. The molecule has 0 aliphatic rings. The van der Waals surface area contributed by atoms with Gasteiger partial charge < -0.3 is 9.84 Å². The molecule has 0 spiro atoms. The zero-order valence-corrected chi connectivity index (χ0v) is 10.7. The largest absolute Gasteiger partial charge is 0.497 e. The van der Waals surface area contributed by atoms with Gasteiger partial charge in [0.15, 0.2) is 0 Å². The molecule has 1 N–H and O–H groups in total. The Kier molecular flexibility index (Phi) is 4.29. The minimum Gasteiger partial charge on any atom is -0.497 e. The normalized spacial score (nSPS) is 12.2. The topological polar surface area (TPSA) is 29.5 Å². The first-order valence-corrected chi connectivity index (χ1v) is 5.96. The fraction of sp³-hybridized carbons (Fsp3) is 0.200. The van der Waals surface area contributed by atoms with E-state index in [-0.39, 0.29) is 6.42 Å². The van der Waals surface area contributed by atoms with E-state index in [1.807, 2.05) is 0 Å². The van der Waals surface area contributed by atoms with Gasteiger partial charge in [0.1, 0.15) is 23.2 Å². The van der Waals surface area contributed by atoms with Gasteiger partial charge in [0, 0.05) is 18.6 Å². The summed E-state index contributed by atoms with van der Waals surface area (Å²) in [6.45, 7) is 0. The molecule has 1 unspecified atom stereocenters. The van der Waals surface area contributed by atoms with E-state index in [9.17, 15) is 18.3 Å². The van der Waals surface area contributed by atoms with Crippen molar-refractivity contribution in [1.82, 2.24) is 0 Å². The van der Waals surface area contributed by atoms with Crippen LogP contribution < -0.4 is 4.74 Å². The summed E-state index contributed by atoms with van der Waals surface area (Å²) in [6, 6.07) is 7.83. The van der Waals surface area contributed by atoms with E-state index < -0.39 is 29.1 Å². The SMILES string of the molecule is COc1ccc(CC(O)c2c(F)cc(F)cc2F)cc1. The minimum absolute atomic E-state index is 0.0173. The summed E-state index contributed by atoms with van der Waals surface area (Å²) in [6.07, 6.45) is -1.37. The number of hydrogen-bond acceptors (Lipinski definition) is 2. The number of halogens is 3. The van der Waals surface area contributed by atoms with Crippen LogP contribution in [0.15, 0.2) is 36.4 Å². The molecule has 5 heteroatoms. The van der Waals surface area contributed by atoms with Gasteiger partial charge in [-0.2, -0.15) is 0 Å². The minimum atomic E-state index is -1.39. The van der Waals surface area contributed by atoms with Crippen LogP contribution in [0.5, 0.6) is 5.75 Å². The third-order valence-corrected chi connectivity index (χ3v) is 2.97. The molecule has 2 aromatic carbocycles. The first-order chi connectivity index (χ1) is 9.51. The summed E-state index contributed by atoms with van der Waals surface area (Å²) in [5.41, 5.74) is 0.156. The van der Waals surface area contributed by atoms with Crippen LogP contribution >= 0.6 is 0 Å². The quantitative estimate of drug-likeness (QED) is 0.931. The van der Waals surface area contributed by atoms with Crippen LogP contribution in [0.2, 0.25) is 0 Å². The van der Waals surface area contributed by atoms with Gasteiger partial charge in [-0.05, 0) is 17.7 Å². The standard InChI is InChI=1S/C15H13F3O2/c1-20-11-4-2-9(3-5-11)6-14(19)15-12(17)7-10(16)8-13(15)18/h2-5,7-8,14,19H,6H2,1H3.